The van der Waals surface area contributed by atoms with Crippen LogP contribution in [0.4, 0.5) is 0 Å². The summed E-state index contributed by atoms with van der Waals surface area (Å²) in [5, 5.41) is 7.03. The van der Waals surface area contributed by atoms with Crippen LogP contribution in [-0.4, -0.2) is 15.1 Å². The van der Waals surface area contributed by atoms with Gasteiger partial charge in [-0.3, -0.25) is 4.68 Å². The molecule has 0 aliphatic rings. The summed E-state index contributed by atoms with van der Waals surface area (Å²) in [5.41, 5.74) is 3.22. The molecule has 21 heavy (non-hydrogen) atoms. The van der Waals surface area contributed by atoms with Crippen LogP contribution in [0.15, 0.2) is 24.3 Å². The van der Waals surface area contributed by atoms with Crippen LogP contribution in [0.25, 0.3) is 0 Å². The molecule has 0 saturated heterocycles. The van der Waals surface area contributed by atoms with Crippen LogP contribution in [0.2, 0.25) is 10.0 Å². The maximum Gasteiger partial charge on any atom is 0.0850 e. The molecule has 1 unspecified atom stereocenters. The van der Waals surface area contributed by atoms with Gasteiger partial charge in [0.2, 0.25) is 0 Å². The smallest absolute Gasteiger partial charge is 0.0850 e. The number of nitrogens with zero attached hydrogens (tertiary/aromatic N) is 2. The maximum atomic E-state index is 6.51. The Morgan fingerprint density at radius 3 is 2.52 bits per heavy atom. The zero-order chi connectivity index (χ0) is 15.4. The summed E-state index contributed by atoms with van der Waals surface area (Å²) in [7, 11) is 0. The van der Waals surface area contributed by atoms with E-state index in [-0.39, 0.29) is 5.92 Å². The summed E-state index contributed by atoms with van der Waals surface area (Å²) in [6.07, 6.45) is 1.68. The highest BCUT2D eigenvalue weighted by molar-refractivity contribution is 9.09. The van der Waals surface area contributed by atoms with Gasteiger partial charge in [0, 0.05) is 22.8 Å². The molecule has 0 radical (unpaired) electrons. The van der Waals surface area contributed by atoms with Crippen molar-refractivity contribution in [3.05, 3.63) is 51.3 Å². The van der Waals surface area contributed by atoms with Crippen molar-refractivity contribution in [3.8, 4) is 0 Å². The quantitative estimate of drug-likeness (QED) is 0.597. The van der Waals surface area contributed by atoms with Crippen molar-refractivity contribution in [2.75, 3.05) is 5.33 Å². The zero-order valence-corrected chi connectivity index (χ0v) is 15.3. The fourth-order valence-corrected chi connectivity index (χ4v) is 3.71. The summed E-state index contributed by atoms with van der Waals surface area (Å²) >= 11 is 16.4. The second kappa shape index (κ2) is 7.66. The summed E-state index contributed by atoms with van der Waals surface area (Å²) < 4.78 is 2.01. The lowest BCUT2D eigenvalue weighted by Gasteiger charge is -2.17. The largest absolute Gasteiger partial charge is 0.268 e. The van der Waals surface area contributed by atoms with Crippen LogP contribution in [0, 0.1) is 0 Å². The molecule has 1 heterocycles. The average molecular weight is 390 g/mol. The Balaban J connectivity index is 2.35. The number of hydrogen-bond acceptors (Lipinski definition) is 1. The van der Waals surface area contributed by atoms with Crippen LogP contribution < -0.4 is 0 Å². The van der Waals surface area contributed by atoms with Gasteiger partial charge in [-0.1, -0.05) is 64.3 Å². The third-order valence-corrected chi connectivity index (χ3v) is 5.23. The molecule has 5 heteroatoms. The normalized spacial score (nSPS) is 12.6. The van der Waals surface area contributed by atoms with Crippen LogP contribution in [0.5, 0.6) is 0 Å². The number of aryl methyl sites for hydroxylation is 2. The molecule has 1 atom stereocenters. The Hall–Kier alpha value is -0.510. The summed E-state index contributed by atoms with van der Waals surface area (Å²) in [6, 6.07) is 7.99. The number of halogens is 3. The predicted octanol–water partition coefficient (Wildman–Crippen LogP) is 5.49. The van der Waals surface area contributed by atoms with Crippen molar-refractivity contribution in [2.24, 2.45) is 0 Å². The molecule has 0 saturated carbocycles. The number of hydrogen-bond donors (Lipinski definition) is 0. The van der Waals surface area contributed by atoms with Gasteiger partial charge in [0.1, 0.15) is 0 Å². The van der Waals surface area contributed by atoms with E-state index in [1.807, 2.05) is 22.9 Å². The third-order valence-electron chi connectivity index (χ3n) is 3.67. The van der Waals surface area contributed by atoms with E-state index in [1.165, 1.54) is 0 Å². The summed E-state index contributed by atoms with van der Waals surface area (Å²) in [6.45, 7) is 4.99. The standard InChI is InChI=1S/C16H19BrCl2N2/c1-3-14-16(19)15(21(4-2)20-14)9-11(10-17)12-7-5-6-8-13(12)18/h5-8,11H,3-4,9-10H2,1-2H3. The van der Waals surface area contributed by atoms with Gasteiger partial charge >= 0.3 is 0 Å². The zero-order valence-electron chi connectivity index (χ0n) is 12.2. The average Bonchev–Trinajstić information content (AvgIpc) is 2.81. The van der Waals surface area contributed by atoms with E-state index in [1.54, 1.807) is 0 Å². The van der Waals surface area contributed by atoms with Gasteiger partial charge in [-0.25, -0.2) is 0 Å². The molecule has 1 aromatic carbocycles. The minimum Gasteiger partial charge on any atom is -0.268 e. The van der Waals surface area contributed by atoms with Crippen molar-refractivity contribution < 1.29 is 0 Å². The van der Waals surface area contributed by atoms with Crippen LogP contribution in [0.1, 0.15) is 36.7 Å². The molecule has 2 nitrogen and oxygen atoms in total. The topological polar surface area (TPSA) is 17.8 Å². The molecule has 0 aliphatic heterocycles. The first-order valence-electron chi connectivity index (χ1n) is 7.16. The van der Waals surface area contributed by atoms with E-state index in [9.17, 15) is 0 Å². The van der Waals surface area contributed by atoms with Crippen molar-refractivity contribution in [1.29, 1.82) is 0 Å². The van der Waals surface area contributed by atoms with Crippen LogP contribution in [-0.2, 0) is 19.4 Å². The molecule has 2 rings (SSSR count). The Labute approximate surface area is 144 Å². The molecule has 2 aromatic rings. The van der Waals surface area contributed by atoms with E-state index >= 15 is 0 Å². The fraction of sp³-hybridized carbons (Fsp3) is 0.438. The number of benzene rings is 1. The first-order valence-corrected chi connectivity index (χ1v) is 9.04. The minimum absolute atomic E-state index is 0.280. The highest BCUT2D eigenvalue weighted by Gasteiger charge is 2.20. The Kier molecular flexibility index (Phi) is 6.15. The fourth-order valence-electron chi connectivity index (χ4n) is 2.50. The Morgan fingerprint density at radius 1 is 1.24 bits per heavy atom. The highest BCUT2D eigenvalue weighted by Crippen LogP contribution is 2.32. The Morgan fingerprint density at radius 2 is 1.95 bits per heavy atom. The molecule has 114 valence electrons. The third kappa shape index (κ3) is 3.64. The lowest BCUT2D eigenvalue weighted by Crippen LogP contribution is -2.10. The number of rotatable bonds is 6. The second-order valence-corrected chi connectivity index (χ2v) is 6.39. The van der Waals surface area contributed by atoms with E-state index in [2.05, 4.69) is 40.9 Å². The predicted molar refractivity (Wildman–Crippen MR) is 94.0 cm³/mol. The van der Waals surface area contributed by atoms with E-state index in [4.69, 9.17) is 23.2 Å². The van der Waals surface area contributed by atoms with Crippen molar-refractivity contribution in [3.63, 3.8) is 0 Å². The SMILES string of the molecule is CCc1nn(CC)c(CC(CBr)c2ccccc2Cl)c1Cl. The summed E-state index contributed by atoms with van der Waals surface area (Å²) in [5.74, 6) is 0.280. The lowest BCUT2D eigenvalue weighted by atomic mass is 9.96. The molecular weight excluding hydrogens is 371 g/mol. The Bertz CT molecular complexity index is 610. The minimum atomic E-state index is 0.280. The number of aromatic nitrogens is 2. The van der Waals surface area contributed by atoms with Crippen molar-refractivity contribution in [2.45, 2.75) is 39.2 Å². The highest BCUT2D eigenvalue weighted by atomic mass is 79.9. The van der Waals surface area contributed by atoms with Crippen molar-refractivity contribution in [1.82, 2.24) is 9.78 Å². The lowest BCUT2D eigenvalue weighted by molar-refractivity contribution is 0.595. The van der Waals surface area contributed by atoms with Gasteiger partial charge in [-0.15, -0.1) is 0 Å². The van der Waals surface area contributed by atoms with Gasteiger partial charge in [0.25, 0.3) is 0 Å². The number of alkyl halides is 1. The van der Waals surface area contributed by atoms with Gasteiger partial charge in [-0.2, -0.15) is 5.10 Å². The summed E-state index contributed by atoms with van der Waals surface area (Å²) in [4.78, 5) is 0. The van der Waals surface area contributed by atoms with E-state index < -0.39 is 0 Å². The van der Waals surface area contributed by atoms with E-state index in [0.29, 0.717) is 0 Å². The van der Waals surface area contributed by atoms with E-state index in [0.717, 1.165) is 51.7 Å². The molecule has 0 N–H and O–H groups in total. The molecule has 0 aliphatic carbocycles. The van der Waals surface area contributed by atoms with Gasteiger partial charge in [-0.05, 0) is 31.4 Å². The molecule has 0 spiro atoms. The van der Waals surface area contributed by atoms with Crippen molar-refractivity contribution >= 4 is 39.1 Å². The molecular formula is C16H19BrCl2N2. The molecule has 0 bridgehead atoms. The first kappa shape index (κ1) is 16.9. The maximum absolute atomic E-state index is 6.51. The monoisotopic (exact) mass is 388 g/mol. The molecule has 1 aromatic heterocycles. The van der Waals surface area contributed by atoms with Gasteiger partial charge in [0.15, 0.2) is 0 Å². The van der Waals surface area contributed by atoms with Crippen LogP contribution in [0.3, 0.4) is 0 Å². The first-order chi connectivity index (χ1) is 10.1. The second-order valence-electron chi connectivity index (χ2n) is 4.95. The van der Waals surface area contributed by atoms with Gasteiger partial charge in [0.05, 0.1) is 16.4 Å². The van der Waals surface area contributed by atoms with Gasteiger partial charge < -0.3 is 0 Å². The van der Waals surface area contributed by atoms with Crippen LogP contribution >= 0.6 is 39.1 Å². The molecule has 0 fully saturated rings. The molecule has 0 amide bonds.